The smallest absolute Gasteiger partial charge is 0.309 e. The van der Waals surface area contributed by atoms with Gasteiger partial charge in [0.15, 0.2) is 0 Å². The molecule has 0 aliphatic heterocycles. The predicted molar refractivity (Wildman–Crippen MR) is 190 cm³/mol. The number of hydrogen-bond donors (Lipinski definition) is 1. The maximum Gasteiger partial charge on any atom is 0.309 e. The van der Waals surface area contributed by atoms with E-state index in [4.69, 9.17) is 4.74 Å². The third kappa shape index (κ3) is 7.36. The Bertz CT molecular complexity index is 2120. The van der Waals surface area contributed by atoms with Crippen LogP contribution in [0.2, 0.25) is 0 Å². The lowest BCUT2D eigenvalue weighted by Crippen LogP contribution is -2.28. The minimum atomic E-state index is -0.989. The third-order valence-electron chi connectivity index (χ3n) is 8.17. The van der Waals surface area contributed by atoms with Gasteiger partial charge in [-0.25, -0.2) is 9.37 Å². The second-order valence-corrected chi connectivity index (χ2v) is 15.6. The second-order valence-electron chi connectivity index (χ2n) is 13.8. The Morgan fingerprint density at radius 1 is 0.917 bits per heavy atom. The largest absolute Gasteiger partial charge is 0.487 e. The zero-order chi connectivity index (χ0) is 34.2. The van der Waals surface area contributed by atoms with Crippen molar-refractivity contribution in [2.75, 3.05) is 0 Å². The fourth-order valence-electron chi connectivity index (χ4n) is 5.61. The Morgan fingerprint density at radius 3 is 2.38 bits per heavy atom. The molecule has 246 valence electrons. The zero-order valence-electron chi connectivity index (χ0n) is 28.0. The fourth-order valence-corrected chi connectivity index (χ4v) is 6.79. The molecular formula is C39H39FN4O3S. The van der Waals surface area contributed by atoms with E-state index in [9.17, 15) is 14.3 Å². The van der Waals surface area contributed by atoms with Crippen LogP contribution in [0, 0.1) is 18.2 Å². The Labute approximate surface area is 284 Å². The van der Waals surface area contributed by atoms with Crippen LogP contribution in [0.25, 0.3) is 33.1 Å². The second kappa shape index (κ2) is 13.0. The summed E-state index contributed by atoms with van der Waals surface area (Å²) in [6.07, 6.45) is 0.351. The lowest BCUT2D eigenvalue weighted by Gasteiger charge is -2.24. The number of aryl methyl sites for hydroxylation is 1. The van der Waals surface area contributed by atoms with Crippen molar-refractivity contribution in [1.29, 1.82) is 0 Å². The Kier molecular flexibility index (Phi) is 9.00. The first-order valence-electron chi connectivity index (χ1n) is 15.9. The molecule has 6 aromatic rings. The van der Waals surface area contributed by atoms with Gasteiger partial charge in [0, 0.05) is 50.2 Å². The van der Waals surface area contributed by atoms with Gasteiger partial charge < -0.3 is 14.4 Å². The molecule has 48 heavy (non-hydrogen) atoms. The number of ether oxygens (including phenoxy) is 1. The van der Waals surface area contributed by atoms with Crippen molar-refractivity contribution in [3.63, 3.8) is 0 Å². The number of fused-ring (bicyclic) bond motifs is 2. The van der Waals surface area contributed by atoms with Crippen LogP contribution in [0.1, 0.15) is 57.3 Å². The van der Waals surface area contributed by atoms with Gasteiger partial charge in [-0.3, -0.25) is 4.79 Å². The summed E-state index contributed by atoms with van der Waals surface area (Å²) in [5.41, 5.74) is 6.18. The Hall–Kier alpha value is -4.76. The summed E-state index contributed by atoms with van der Waals surface area (Å²) in [7, 11) is 0. The van der Waals surface area contributed by atoms with E-state index in [-0.39, 0.29) is 17.2 Å². The van der Waals surface area contributed by atoms with Gasteiger partial charge in [-0.05, 0) is 80.9 Å². The standard InChI is InChI=1S/C39H39FN4O3S/c1-24-7-16-33(43-42-24)26-10-8-25(9-11-26)22-44-34-18-15-30(47-23-29-14-12-27-19-28(40)13-17-32(27)41-29)20-31(34)36(48-38(2,3)4)35(44)21-39(5,6)37(45)46/h7-20H,21-23H2,1-6H3,(H,45,46). The Balaban J connectivity index is 1.39. The van der Waals surface area contributed by atoms with Crippen LogP contribution >= 0.6 is 11.8 Å². The van der Waals surface area contributed by atoms with E-state index in [1.54, 1.807) is 31.7 Å². The van der Waals surface area contributed by atoms with Crippen molar-refractivity contribution in [2.24, 2.45) is 5.41 Å². The van der Waals surface area contributed by atoms with Gasteiger partial charge in [0.05, 0.1) is 28.0 Å². The molecule has 0 fully saturated rings. The molecule has 1 N–H and O–H groups in total. The molecule has 0 unspecified atom stereocenters. The van der Waals surface area contributed by atoms with Crippen molar-refractivity contribution < 1.29 is 19.0 Å². The zero-order valence-corrected chi connectivity index (χ0v) is 28.9. The van der Waals surface area contributed by atoms with Gasteiger partial charge in [-0.1, -0.05) is 51.1 Å². The summed E-state index contributed by atoms with van der Waals surface area (Å²) < 4.78 is 22.0. The number of aliphatic carboxylic acids is 1. The van der Waals surface area contributed by atoms with Crippen LogP contribution in [0.5, 0.6) is 5.75 Å². The van der Waals surface area contributed by atoms with Crippen molar-refractivity contribution in [2.45, 2.75) is 70.8 Å². The molecule has 7 nitrogen and oxygen atoms in total. The molecule has 3 heterocycles. The number of rotatable bonds is 10. The summed E-state index contributed by atoms with van der Waals surface area (Å²) in [4.78, 5) is 18.1. The van der Waals surface area contributed by atoms with E-state index in [1.807, 2.05) is 43.3 Å². The van der Waals surface area contributed by atoms with Gasteiger partial charge >= 0.3 is 5.97 Å². The summed E-state index contributed by atoms with van der Waals surface area (Å²) in [6, 6.07) is 26.5. The predicted octanol–water partition coefficient (Wildman–Crippen LogP) is 9.27. The topological polar surface area (TPSA) is 90.1 Å². The highest BCUT2D eigenvalue weighted by molar-refractivity contribution is 8.00. The van der Waals surface area contributed by atoms with E-state index < -0.39 is 11.4 Å². The molecule has 0 atom stereocenters. The van der Waals surface area contributed by atoms with Crippen molar-refractivity contribution in [1.82, 2.24) is 19.7 Å². The number of carboxylic acids is 1. The van der Waals surface area contributed by atoms with E-state index in [0.29, 0.717) is 24.2 Å². The van der Waals surface area contributed by atoms with Gasteiger partial charge in [0.2, 0.25) is 0 Å². The van der Waals surface area contributed by atoms with Crippen molar-refractivity contribution >= 4 is 39.5 Å². The number of nitrogens with zero attached hydrogens (tertiary/aromatic N) is 4. The quantitative estimate of drug-likeness (QED) is 0.146. The first-order valence-corrected chi connectivity index (χ1v) is 16.7. The number of aromatic nitrogens is 4. The van der Waals surface area contributed by atoms with E-state index >= 15 is 0 Å². The lowest BCUT2D eigenvalue weighted by molar-refractivity contribution is -0.146. The number of carbonyl (C=O) groups is 1. The first-order chi connectivity index (χ1) is 22.8. The van der Waals surface area contributed by atoms with Gasteiger partial charge in [0.1, 0.15) is 18.2 Å². The fraction of sp³-hybridized carbons (Fsp3) is 0.282. The maximum absolute atomic E-state index is 13.7. The minimum Gasteiger partial charge on any atom is -0.487 e. The molecule has 0 amide bonds. The van der Waals surface area contributed by atoms with Crippen LogP contribution in [0.15, 0.2) is 89.8 Å². The number of halogens is 1. The molecule has 0 radical (unpaired) electrons. The molecule has 0 bridgehead atoms. The molecule has 3 aromatic carbocycles. The monoisotopic (exact) mass is 662 g/mol. The highest BCUT2D eigenvalue weighted by atomic mass is 32.2. The van der Waals surface area contributed by atoms with Crippen LogP contribution < -0.4 is 4.74 Å². The number of carboxylic acid groups (broad SMARTS) is 1. The minimum absolute atomic E-state index is 0.136. The molecule has 0 saturated heterocycles. The summed E-state index contributed by atoms with van der Waals surface area (Å²) in [5.74, 6) is -0.453. The van der Waals surface area contributed by atoms with Crippen molar-refractivity contribution in [3.8, 4) is 17.0 Å². The molecule has 0 aliphatic carbocycles. The average Bonchev–Trinajstić information content (AvgIpc) is 3.29. The number of pyridine rings is 1. The van der Waals surface area contributed by atoms with E-state index in [1.165, 1.54) is 12.1 Å². The first kappa shape index (κ1) is 33.2. The summed E-state index contributed by atoms with van der Waals surface area (Å²) >= 11 is 1.74. The number of thioether (sulfide) groups is 1. The van der Waals surface area contributed by atoms with Gasteiger partial charge in [-0.2, -0.15) is 10.2 Å². The number of benzene rings is 3. The highest BCUT2D eigenvalue weighted by Crippen LogP contribution is 2.44. The maximum atomic E-state index is 13.7. The molecule has 0 aliphatic rings. The average molecular weight is 663 g/mol. The van der Waals surface area contributed by atoms with Gasteiger partial charge in [0.25, 0.3) is 0 Å². The molecule has 0 spiro atoms. The lowest BCUT2D eigenvalue weighted by atomic mass is 9.88. The van der Waals surface area contributed by atoms with Crippen LogP contribution in [-0.2, 0) is 24.4 Å². The van der Waals surface area contributed by atoms with Crippen LogP contribution in [0.3, 0.4) is 0 Å². The normalized spacial score (nSPS) is 12.1. The van der Waals surface area contributed by atoms with Gasteiger partial charge in [-0.15, -0.1) is 11.8 Å². The van der Waals surface area contributed by atoms with Crippen LogP contribution in [-0.4, -0.2) is 35.6 Å². The molecular weight excluding hydrogens is 624 g/mol. The van der Waals surface area contributed by atoms with E-state index in [2.05, 4.69) is 70.9 Å². The number of hydrogen-bond acceptors (Lipinski definition) is 6. The van der Waals surface area contributed by atoms with E-state index in [0.717, 1.165) is 55.1 Å². The molecule has 9 heteroatoms. The highest BCUT2D eigenvalue weighted by Gasteiger charge is 2.33. The SMILES string of the molecule is Cc1ccc(-c2ccc(Cn3c(CC(C)(C)C(=O)O)c(SC(C)(C)C)c4cc(OCc5ccc6cc(F)ccc6n5)ccc43)cc2)nn1. The molecule has 6 rings (SSSR count). The summed E-state index contributed by atoms with van der Waals surface area (Å²) in [5, 5.41) is 20.4. The molecule has 3 aromatic heterocycles. The Morgan fingerprint density at radius 2 is 1.69 bits per heavy atom. The molecule has 0 saturated carbocycles. The van der Waals surface area contributed by atoms with Crippen LogP contribution in [0.4, 0.5) is 4.39 Å². The summed E-state index contributed by atoms with van der Waals surface area (Å²) in [6.45, 7) is 12.8. The van der Waals surface area contributed by atoms with Crippen molar-refractivity contribution in [3.05, 3.63) is 113 Å². The third-order valence-corrected chi connectivity index (χ3v) is 9.44.